The van der Waals surface area contributed by atoms with E-state index in [1.54, 1.807) is 4.52 Å². The summed E-state index contributed by atoms with van der Waals surface area (Å²) in [4.78, 5) is 8.31. The molecule has 0 aromatic carbocycles. The first-order valence-corrected chi connectivity index (χ1v) is 7.13. The molecule has 0 unspecified atom stereocenters. The molecule has 6 heteroatoms. The van der Waals surface area contributed by atoms with Gasteiger partial charge in [-0.05, 0) is 31.6 Å². The second-order valence-electron chi connectivity index (χ2n) is 5.41. The summed E-state index contributed by atoms with van der Waals surface area (Å²) in [5.74, 6) is 1.45. The minimum Gasteiger partial charge on any atom is -0.369 e. The van der Waals surface area contributed by atoms with E-state index in [1.807, 2.05) is 6.92 Å². The van der Waals surface area contributed by atoms with Gasteiger partial charge in [-0.3, -0.25) is 0 Å². The lowest BCUT2D eigenvalue weighted by Crippen LogP contribution is -2.36. The summed E-state index contributed by atoms with van der Waals surface area (Å²) in [6.07, 6.45) is 6.65. The molecule has 5 nitrogen and oxygen atoms in total. The summed E-state index contributed by atoms with van der Waals surface area (Å²) in [7, 11) is 0. The fourth-order valence-electron chi connectivity index (χ4n) is 2.71. The van der Waals surface area contributed by atoms with E-state index in [0.717, 1.165) is 17.9 Å². The van der Waals surface area contributed by atoms with Gasteiger partial charge in [0.05, 0.1) is 0 Å². The first kappa shape index (κ1) is 12.7. The molecule has 1 saturated carbocycles. The molecule has 3 rings (SSSR count). The topological polar surface area (TPSA) is 55.1 Å². The molecule has 102 valence electrons. The zero-order valence-corrected chi connectivity index (χ0v) is 12.0. The summed E-state index contributed by atoms with van der Waals surface area (Å²) in [5, 5.41) is 8.21. The van der Waals surface area contributed by atoms with E-state index >= 15 is 0 Å². The highest BCUT2D eigenvalue weighted by Gasteiger charge is 2.35. The molecule has 1 aliphatic rings. The number of halogens is 1. The summed E-state index contributed by atoms with van der Waals surface area (Å²) >= 11 is 6.15. The van der Waals surface area contributed by atoms with Crippen molar-refractivity contribution in [1.29, 1.82) is 0 Å². The number of aromatic nitrogens is 4. The fourth-order valence-corrected chi connectivity index (χ4v) is 2.87. The second-order valence-corrected chi connectivity index (χ2v) is 5.77. The Bertz CT molecular complexity index is 597. The van der Waals surface area contributed by atoms with Crippen LogP contribution in [0.1, 0.15) is 38.2 Å². The van der Waals surface area contributed by atoms with Gasteiger partial charge in [0.2, 0.25) is 0 Å². The Morgan fingerprint density at radius 3 is 2.89 bits per heavy atom. The minimum atomic E-state index is 0.440. The van der Waals surface area contributed by atoms with Crippen LogP contribution in [0.3, 0.4) is 0 Å². The number of anilines is 1. The molecule has 0 spiro atoms. The van der Waals surface area contributed by atoms with E-state index in [9.17, 15) is 0 Å². The van der Waals surface area contributed by atoms with Gasteiger partial charge >= 0.3 is 0 Å². The van der Waals surface area contributed by atoms with E-state index in [0.29, 0.717) is 16.3 Å². The van der Waals surface area contributed by atoms with Crippen LogP contribution in [0.4, 0.5) is 5.82 Å². The van der Waals surface area contributed by atoms with Crippen molar-refractivity contribution in [1.82, 2.24) is 19.6 Å². The van der Waals surface area contributed by atoms with Crippen LogP contribution in [0.2, 0.25) is 5.15 Å². The van der Waals surface area contributed by atoms with E-state index < -0.39 is 0 Å². The van der Waals surface area contributed by atoms with Gasteiger partial charge in [-0.2, -0.15) is 19.6 Å². The van der Waals surface area contributed by atoms with Gasteiger partial charge in [0.25, 0.3) is 5.78 Å². The van der Waals surface area contributed by atoms with Crippen LogP contribution in [0.15, 0.2) is 6.33 Å². The molecule has 0 saturated heterocycles. The van der Waals surface area contributed by atoms with Gasteiger partial charge in [-0.1, -0.05) is 24.9 Å². The van der Waals surface area contributed by atoms with Crippen LogP contribution >= 0.6 is 11.6 Å². The van der Waals surface area contributed by atoms with Gasteiger partial charge in [-0.15, -0.1) is 0 Å². The molecule has 1 fully saturated rings. The molecule has 0 atom stereocenters. The highest BCUT2D eigenvalue weighted by atomic mass is 35.5. The van der Waals surface area contributed by atoms with Gasteiger partial charge in [0.15, 0.2) is 0 Å². The predicted octanol–water partition coefficient (Wildman–Crippen LogP) is 3.08. The molecule has 0 bridgehead atoms. The summed E-state index contributed by atoms with van der Waals surface area (Å²) < 4.78 is 1.73. The number of nitrogens with zero attached hydrogens (tertiary/aromatic N) is 4. The van der Waals surface area contributed by atoms with Crippen molar-refractivity contribution >= 4 is 23.2 Å². The van der Waals surface area contributed by atoms with Gasteiger partial charge < -0.3 is 5.32 Å². The second kappa shape index (κ2) is 4.63. The van der Waals surface area contributed by atoms with Crippen molar-refractivity contribution in [3.8, 4) is 0 Å². The monoisotopic (exact) mass is 279 g/mol. The van der Waals surface area contributed by atoms with E-state index in [2.05, 4.69) is 27.3 Å². The van der Waals surface area contributed by atoms with E-state index in [1.165, 1.54) is 32.0 Å². The van der Waals surface area contributed by atoms with Crippen LogP contribution in [-0.4, -0.2) is 26.1 Å². The number of hydrogen-bond acceptors (Lipinski definition) is 4. The lowest BCUT2D eigenvalue weighted by atomic mass is 9.67. The summed E-state index contributed by atoms with van der Waals surface area (Å²) in [6, 6.07) is 0. The van der Waals surface area contributed by atoms with Crippen LogP contribution < -0.4 is 5.32 Å². The number of nitrogens with one attached hydrogen (secondary N) is 1. The number of rotatable bonds is 4. The fraction of sp³-hybridized carbons (Fsp3) is 0.615. The largest absolute Gasteiger partial charge is 0.369 e. The standard InChI is InChI=1S/C13H18ClN5/c1-3-13(5-4-6-13)7-15-11-9(2)10(14)18-12-16-8-17-19(11)12/h8,15H,3-7H2,1-2H3. The molecule has 0 aliphatic heterocycles. The summed E-state index contributed by atoms with van der Waals surface area (Å²) in [5.41, 5.74) is 1.36. The maximum atomic E-state index is 6.15. The van der Waals surface area contributed by atoms with Gasteiger partial charge in [0.1, 0.15) is 17.3 Å². The SMILES string of the molecule is CCC1(CNc2c(C)c(Cl)nc3ncnn23)CCC1. The molecular formula is C13H18ClN5. The Hall–Kier alpha value is -1.36. The Balaban J connectivity index is 1.91. The van der Waals surface area contributed by atoms with Crippen molar-refractivity contribution < 1.29 is 0 Å². The first-order chi connectivity index (χ1) is 9.15. The predicted molar refractivity (Wildman–Crippen MR) is 75.6 cm³/mol. The molecule has 0 amide bonds. The van der Waals surface area contributed by atoms with Crippen molar-refractivity contribution in [2.45, 2.75) is 39.5 Å². The summed E-state index contributed by atoms with van der Waals surface area (Å²) in [6.45, 7) is 5.18. The third-order valence-electron chi connectivity index (χ3n) is 4.40. The molecule has 1 aliphatic carbocycles. The molecule has 0 radical (unpaired) electrons. The van der Waals surface area contributed by atoms with Crippen molar-refractivity contribution in [2.24, 2.45) is 5.41 Å². The number of fused-ring (bicyclic) bond motifs is 1. The third kappa shape index (κ3) is 2.06. The zero-order chi connectivity index (χ0) is 13.5. The molecule has 2 heterocycles. The Morgan fingerprint density at radius 1 is 1.47 bits per heavy atom. The van der Waals surface area contributed by atoms with Crippen LogP contribution in [0, 0.1) is 12.3 Å². The third-order valence-corrected chi connectivity index (χ3v) is 4.77. The van der Waals surface area contributed by atoms with E-state index in [-0.39, 0.29) is 0 Å². The van der Waals surface area contributed by atoms with Crippen LogP contribution in [0.25, 0.3) is 5.78 Å². The maximum absolute atomic E-state index is 6.15. The lowest BCUT2D eigenvalue weighted by Gasteiger charge is -2.41. The molecular weight excluding hydrogens is 262 g/mol. The highest BCUT2D eigenvalue weighted by molar-refractivity contribution is 6.30. The molecule has 2 aromatic heterocycles. The maximum Gasteiger partial charge on any atom is 0.255 e. The van der Waals surface area contributed by atoms with Gasteiger partial charge in [-0.25, -0.2) is 0 Å². The molecule has 19 heavy (non-hydrogen) atoms. The van der Waals surface area contributed by atoms with Crippen LogP contribution in [-0.2, 0) is 0 Å². The Kier molecular flexibility index (Phi) is 3.09. The van der Waals surface area contributed by atoms with E-state index in [4.69, 9.17) is 11.6 Å². The Morgan fingerprint density at radius 2 is 2.26 bits per heavy atom. The Labute approximate surface area is 117 Å². The first-order valence-electron chi connectivity index (χ1n) is 6.75. The lowest BCUT2D eigenvalue weighted by molar-refractivity contribution is 0.145. The van der Waals surface area contributed by atoms with Crippen molar-refractivity contribution in [2.75, 3.05) is 11.9 Å². The van der Waals surface area contributed by atoms with Gasteiger partial charge in [0, 0.05) is 12.1 Å². The zero-order valence-electron chi connectivity index (χ0n) is 11.3. The van der Waals surface area contributed by atoms with Crippen molar-refractivity contribution in [3.05, 3.63) is 17.0 Å². The smallest absolute Gasteiger partial charge is 0.255 e. The normalized spacial score (nSPS) is 17.4. The van der Waals surface area contributed by atoms with Crippen molar-refractivity contribution in [3.63, 3.8) is 0 Å². The number of hydrogen-bond donors (Lipinski definition) is 1. The minimum absolute atomic E-state index is 0.440. The average molecular weight is 280 g/mol. The average Bonchev–Trinajstić information content (AvgIpc) is 2.80. The molecule has 1 N–H and O–H groups in total. The molecule has 2 aromatic rings. The van der Waals surface area contributed by atoms with Crippen LogP contribution in [0.5, 0.6) is 0 Å². The highest BCUT2D eigenvalue weighted by Crippen LogP contribution is 2.43. The quantitative estimate of drug-likeness (QED) is 0.874.